The Bertz CT molecular complexity index is 807. The number of hydrogen-bond donors (Lipinski definition) is 1. The molecule has 1 aromatic carbocycles. The average molecular weight is 398 g/mol. The molecule has 6 nitrogen and oxygen atoms in total. The fourth-order valence-corrected chi connectivity index (χ4v) is 5.12. The lowest BCUT2D eigenvalue weighted by Gasteiger charge is -2.70. The first kappa shape index (κ1) is 20.1. The van der Waals surface area contributed by atoms with Crippen molar-refractivity contribution in [2.45, 2.75) is 37.3 Å². The molecule has 156 valence electrons. The van der Waals surface area contributed by atoms with Crippen LogP contribution in [0.3, 0.4) is 0 Å². The molecule has 0 unspecified atom stereocenters. The summed E-state index contributed by atoms with van der Waals surface area (Å²) in [6.07, 6.45) is 6.03. The maximum absolute atomic E-state index is 13.0. The smallest absolute Gasteiger partial charge is 0.237 e. The van der Waals surface area contributed by atoms with Gasteiger partial charge in [-0.05, 0) is 45.0 Å². The Morgan fingerprint density at radius 1 is 1.21 bits per heavy atom. The molecule has 3 aliphatic rings. The molecule has 29 heavy (non-hydrogen) atoms. The Hall–Kier alpha value is -2.18. The number of aliphatic hydroxyl groups excluding tert-OH is 1. The van der Waals surface area contributed by atoms with Crippen molar-refractivity contribution in [3.05, 3.63) is 41.5 Å². The van der Waals surface area contributed by atoms with Crippen molar-refractivity contribution in [3.63, 3.8) is 0 Å². The molecule has 1 aromatic rings. The second-order valence-electron chi connectivity index (χ2n) is 8.97. The first-order chi connectivity index (χ1) is 13.9. The molecule has 0 radical (unpaired) electrons. The predicted molar refractivity (Wildman–Crippen MR) is 112 cm³/mol. The molecule has 6 heteroatoms. The van der Waals surface area contributed by atoms with Gasteiger partial charge in [0.25, 0.3) is 0 Å². The van der Waals surface area contributed by atoms with E-state index in [1.54, 1.807) is 0 Å². The summed E-state index contributed by atoms with van der Waals surface area (Å²) in [6, 6.07) is 8.11. The summed E-state index contributed by atoms with van der Waals surface area (Å²) in [5, 5.41) is 10.1. The van der Waals surface area contributed by atoms with Gasteiger partial charge in [-0.25, -0.2) is 0 Å². The lowest BCUT2D eigenvalue weighted by atomic mass is 9.60. The van der Waals surface area contributed by atoms with Crippen molar-refractivity contribution < 1.29 is 14.7 Å². The number of amides is 2. The van der Waals surface area contributed by atoms with Crippen LogP contribution in [0.1, 0.15) is 36.8 Å². The number of likely N-dealkylation sites (tertiary alicyclic amines) is 2. The number of nitrogens with zero attached hydrogens (tertiary/aromatic N) is 3. The minimum atomic E-state index is -0.396. The fourth-order valence-electron chi connectivity index (χ4n) is 5.12. The molecule has 0 bridgehead atoms. The third-order valence-corrected chi connectivity index (χ3v) is 6.50. The van der Waals surface area contributed by atoms with Gasteiger partial charge in [-0.15, -0.1) is 0 Å². The average Bonchev–Trinajstić information content (AvgIpc) is 3.46. The highest BCUT2D eigenvalue weighted by Crippen LogP contribution is 2.54. The van der Waals surface area contributed by atoms with Crippen LogP contribution < -0.4 is 0 Å². The van der Waals surface area contributed by atoms with Gasteiger partial charge in [-0.2, -0.15) is 0 Å². The van der Waals surface area contributed by atoms with E-state index in [-0.39, 0.29) is 36.3 Å². The summed E-state index contributed by atoms with van der Waals surface area (Å²) in [5.74, 6) is 0.478. The molecular weight excluding hydrogens is 366 g/mol. The second kappa shape index (κ2) is 7.58. The Labute approximate surface area is 172 Å². The maximum Gasteiger partial charge on any atom is 0.237 e. The van der Waals surface area contributed by atoms with E-state index in [1.807, 2.05) is 41.8 Å². The summed E-state index contributed by atoms with van der Waals surface area (Å²) in [7, 11) is 3.75. The lowest BCUT2D eigenvalue weighted by molar-refractivity contribution is -0.203. The molecule has 2 amide bonds. The Morgan fingerprint density at radius 2 is 1.86 bits per heavy atom. The first-order valence-corrected chi connectivity index (χ1v) is 10.5. The van der Waals surface area contributed by atoms with Crippen LogP contribution in [0.15, 0.2) is 30.3 Å². The molecule has 4 rings (SSSR count). The summed E-state index contributed by atoms with van der Waals surface area (Å²) >= 11 is 0. The van der Waals surface area contributed by atoms with Crippen LogP contribution in [0, 0.1) is 5.92 Å². The monoisotopic (exact) mass is 397 g/mol. The van der Waals surface area contributed by atoms with Gasteiger partial charge in [-0.1, -0.05) is 36.4 Å². The molecule has 1 N–H and O–H groups in total. The van der Waals surface area contributed by atoms with Gasteiger partial charge in [0.15, 0.2) is 0 Å². The molecule has 2 aliphatic heterocycles. The number of allylic oxidation sites excluding steroid dienone is 1. The molecule has 2 atom stereocenters. The molecule has 3 fully saturated rings. The van der Waals surface area contributed by atoms with Crippen LogP contribution in [0.5, 0.6) is 0 Å². The van der Waals surface area contributed by atoms with E-state index < -0.39 is 5.54 Å². The van der Waals surface area contributed by atoms with Crippen LogP contribution in [0.4, 0.5) is 0 Å². The van der Waals surface area contributed by atoms with E-state index in [9.17, 15) is 14.7 Å². The van der Waals surface area contributed by atoms with E-state index in [2.05, 4.69) is 30.3 Å². The molecular formula is C23H31N3O3. The van der Waals surface area contributed by atoms with Crippen LogP contribution in [-0.4, -0.2) is 83.5 Å². The lowest BCUT2D eigenvalue weighted by Crippen LogP contribution is -2.86. The normalized spacial score (nSPS) is 25.4. The summed E-state index contributed by atoms with van der Waals surface area (Å²) in [4.78, 5) is 31.2. The van der Waals surface area contributed by atoms with Gasteiger partial charge >= 0.3 is 0 Å². The minimum Gasteiger partial charge on any atom is -0.394 e. The zero-order chi connectivity index (χ0) is 20.8. The van der Waals surface area contributed by atoms with Crippen molar-refractivity contribution in [1.29, 1.82) is 0 Å². The predicted octanol–water partition coefficient (Wildman–Crippen LogP) is 1.56. The fraction of sp³-hybridized carbons (Fsp3) is 0.565. The van der Waals surface area contributed by atoms with Gasteiger partial charge in [0.05, 0.1) is 24.7 Å². The largest absolute Gasteiger partial charge is 0.394 e. The first-order valence-electron chi connectivity index (χ1n) is 10.5. The highest BCUT2D eigenvalue weighted by Gasteiger charge is 2.68. The molecule has 0 aromatic heterocycles. The number of aliphatic hydroxyl groups is 1. The summed E-state index contributed by atoms with van der Waals surface area (Å²) < 4.78 is 0. The third kappa shape index (κ3) is 3.38. The quantitative estimate of drug-likeness (QED) is 0.791. The number of hydrogen-bond acceptors (Lipinski definition) is 4. The highest BCUT2D eigenvalue weighted by atomic mass is 16.3. The number of rotatable bonds is 6. The molecule has 2 saturated heterocycles. The Kier molecular flexibility index (Phi) is 5.25. The van der Waals surface area contributed by atoms with E-state index in [0.717, 1.165) is 24.0 Å². The molecule has 2 heterocycles. The van der Waals surface area contributed by atoms with Crippen LogP contribution in [0.2, 0.25) is 0 Å². The Morgan fingerprint density at radius 3 is 2.38 bits per heavy atom. The SMILES string of the molecule is C/C=C/c1ccc([C@H]2[C@H](CO)N(C(=O)CN(C)C)C23CN(C(=O)C2CC2)C3)cc1. The standard InChI is InChI=1S/C23H31N3O3/c1-4-5-16-6-8-17(9-7-16)21-19(13-27)26(20(28)12-24(2)3)23(21)14-25(15-23)22(29)18-10-11-18/h4-9,18-19,21,27H,10-15H2,1-3H3/b5-4+/t19-,21-/m0/s1. The van der Waals surface area contributed by atoms with E-state index in [1.165, 1.54) is 0 Å². The van der Waals surface area contributed by atoms with Crippen molar-refractivity contribution in [1.82, 2.24) is 14.7 Å². The molecule has 1 aliphatic carbocycles. The third-order valence-electron chi connectivity index (χ3n) is 6.50. The van der Waals surface area contributed by atoms with Crippen LogP contribution >= 0.6 is 0 Å². The topological polar surface area (TPSA) is 64.1 Å². The number of benzene rings is 1. The van der Waals surface area contributed by atoms with Gasteiger partial charge in [-0.3, -0.25) is 9.59 Å². The van der Waals surface area contributed by atoms with Crippen LogP contribution in [-0.2, 0) is 9.59 Å². The minimum absolute atomic E-state index is 0.0226. The van der Waals surface area contributed by atoms with Crippen LogP contribution in [0.25, 0.3) is 6.08 Å². The van der Waals surface area contributed by atoms with Crippen molar-refractivity contribution >= 4 is 17.9 Å². The summed E-state index contributed by atoms with van der Waals surface area (Å²) in [6.45, 7) is 3.36. The molecule has 1 spiro atoms. The molecule has 1 saturated carbocycles. The zero-order valence-electron chi connectivity index (χ0n) is 17.5. The number of likely N-dealkylation sites (N-methyl/N-ethyl adjacent to an activating group) is 1. The van der Waals surface area contributed by atoms with E-state index >= 15 is 0 Å². The van der Waals surface area contributed by atoms with E-state index in [4.69, 9.17) is 0 Å². The highest BCUT2D eigenvalue weighted by molar-refractivity contribution is 5.85. The zero-order valence-corrected chi connectivity index (χ0v) is 17.5. The van der Waals surface area contributed by atoms with Gasteiger partial charge in [0, 0.05) is 24.9 Å². The van der Waals surface area contributed by atoms with Crippen molar-refractivity contribution in [3.8, 4) is 0 Å². The Balaban J connectivity index is 1.61. The number of carbonyl (C=O) groups excluding carboxylic acids is 2. The maximum atomic E-state index is 13.0. The van der Waals surface area contributed by atoms with Crippen molar-refractivity contribution in [2.24, 2.45) is 5.92 Å². The van der Waals surface area contributed by atoms with Gasteiger partial charge in [0.1, 0.15) is 0 Å². The van der Waals surface area contributed by atoms with Crippen molar-refractivity contribution in [2.75, 3.05) is 40.3 Å². The summed E-state index contributed by atoms with van der Waals surface area (Å²) in [5.41, 5.74) is 1.86. The number of carbonyl (C=O) groups is 2. The van der Waals surface area contributed by atoms with Gasteiger partial charge < -0.3 is 19.8 Å². The van der Waals surface area contributed by atoms with Gasteiger partial charge in [0.2, 0.25) is 11.8 Å². The second-order valence-corrected chi connectivity index (χ2v) is 8.97. The van der Waals surface area contributed by atoms with E-state index in [0.29, 0.717) is 19.6 Å².